The van der Waals surface area contributed by atoms with E-state index in [1.807, 2.05) is 0 Å². The molecule has 6 nitrogen and oxygen atoms in total. The van der Waals surface area contributed by atoms with Crippen molar-refractivity contribution in [2.75, 3.05) is 39.4 Å². The molecule has 30 heavy (non-hydrogen) atoms. The van der Waals surface area contributed by atoms with Crippen LogP contribution in [0.15, 0.2) is 60.2 Å². The van der Waals surface area contributed by atoms with Crippen molar-refractivity contribution < 1.29 is 23.8 Å². The van der Waals surface area contributed by atoms with Gasteiger partial charge in [-0.15, -0.1) is 0 Å². The van der Waals surface area contributed by atoms with Crippen LogP contribution in [0.25, 0.3) is 5.76 Å². The summed E-state index contributed by atoms with van der Waals surface area (Å²) >= 11 is 0. The highest BCUT2D eigenvalue weighted by Crippen LogP contribution is 2.39. The Morgan fingerprint density at radius 1 is 1.03 bits per heavy atom. The Morgan fingerprint density at radius 2 is 1.77 bits per heavy atom. The molecule has 1 N–H and O–H groups in total. The summed E-state index contributed by atoms with van der Waals surface area (Å²) in [5, 5.41) is 10.9. The summed E-state index contributed by atoms with van der Waals surface area (Å²) in [6.45, 7) is 3.60. The van der Waals surface area contributed by atoms with Gasteiger partial charge in [-0.3, -0.25) is 14.5 Å². The molecule has 0 aromatic heterocycles. The lowest BCUT2D eigenvalue weighted by Gasteiger charge is -2.31. The van der Waals surface area contributed by atoms with Crippen LogP contribution >= 0.6 is 0 Å². The normalized spacial score (nSPS) is 21.9. The van der Waals surface area contributed by atoms with Crippen LogP contribution in [0.1, 0.15) is 17.2 Å². The van der Waals surface area contributed by atoms with Crippen molar-refractivity contribution >= 4 is 17.4 Å². The molecule has 1 amide bonds. The summed E-state index contributed by atoms with van der Waals surface area (Å²) in [5.41, 5.74) is 0.873. The van der Waals surface area contributed by atoms with Crippen LogP contribution in [0.4, 0.5) is 4.39 Å². The lowest BCUT2D eigenvalue weighted by Crippen LogP contribution is -2.42. The van der Waals surface area contributed by atoms with Crippen molar-refractivity contribution in [2.45, 2.75) is 6.04 Å². The summed E-state index contributed by atoms with van der Waals surface area (Å²) in [6, 6.07) is 13.6. The molecule has 2 saturated heterocycles. The smallest absolute Gasteiger partial charge is 0.295 e. The average Bonchev–Trinajstić information content (AvgIpc) is 3.03. The highest BCUT2D eigenvalue weighted by Gasteiger charge is 2.46. The lowest BCUT2D eigenvalue weighted by atomic mass is 9.95. The van der Waals surface area contributed by atoms with E-state index >= 15 is 0 Å². The SMILES string of the molecule is O=C1C(=O)N(CCN2CCOCC2)[C@@H](c2cccc(F)c2)C1=C(O)c1ccccc1. The van der Waals surface area contributed by atoms with Crippen molar-refractivity contribution in [3.63, 3.8) is 0 Å². The van der Waals surface area contributed by atoms with Gasteiger partial charge < -0.3 is 14.7 Å². The minimum atomic E-state index is -0.845. The fourth-order valence-electron chi connectivity index (χ4n) is 3.96. The third-order valence-corrected chi connectivity index (χ3v) is 5.51. The minimum Gasteiger partial charge on any atom is -0.507 e. The third-order valence-electron chi connectivity index (χ3n) is 5.51. The highest BCUT2D eigenvalue weighted by atomic mass is 19.1. The summed E-state index contributed by atoms with van der Waals surface area (Å²) < 4.78 is 19.3. The number of halogens is 1. The van der Waals surface area contributed by atoms with Gasteiger partial charge in [0, 0.05) is 31.7 Å². The number of morpholine rings is 1. The Morgan fingerprint density at radius 3 is 2.47 bits per heavy atom. The number of benzene rings is 2. The second kappa shape index (κ2) is 8.77. The van der Waals surface area contributed by atoms with E-state index in [-0.39, 0.29) is 17.9 Å². The number of ketones is 1. The molecule has 7 heteroatoms. The molecule has 156 valence electrons. The maximum Gasteiger partial charge on any atom is 0.295 e. The number of likely N-dealkylation sites (tertiary alicyclic amines) is 1. The van der Waals surface area contributed by atoms with Crippen molar-refractivity contribution in [1.82, 2.24) is 9.80 Å². The molecule has 1 atom stereocenters. The first-order valence-corrected chi connectivity index (χ1v) is 9.95. The van der Waals surface area contributed by atoms with Gasteiger partial charge in [0.1, 0.15) is 11.6 Å². The largest absolute Gasteiger partial charge is 0.507 e. The van der Waals surface area contributed by atoms with Crippen molar-refractivity contribution in [2.24, 2.45) is 0 Å². The molecule has 0 saturated carbocycles. The van der Waals surface area contributed by atoms with Crippen LogP contribution in [0, 0.1) is 5.82 Å². The van der Waals surface area contributed by atoms with Crippen LogP contribution < -0.4 is 0 Å². The van der Waals surface area contributed by atoms with Gasteiger partial charge in [0.25, 0.3) is 11.7 Å². The Labute approximate surface area is 174 Å². The molecule has 0 aliphatic carbocycles. The number of hydrogen-bond acceptors (Lipinski definition) is 5. The van der Waals surface area contributed by atoms with E-state index in [1.54, 1.807) is 36.4 Å². The zero-order valence-electron chi connectivity index (χ0n) is 16.5. The van der Waals surface area contributed by atoms with Gasteiger partial charge in [-0.05, 0) is 17.7 Å². The molecule has 2 aromatic rings. The maximum absolute atomic E-state index is 14.0. The lowest BCUT2D eigenvalue weighted by molar-refractivity contribution is -0.140. The molecule has 4 rings (SSSR count). The fraction of sp³-hybridized carbons (Fsp3) is 0.304. The van der Waals surface area contributed by atoms with E-state index in [0.29, 0.717) is 30.9 Å². The van der Waals surface area contributed by atoms with E-state index in [0.717, 1.165) is 13.1 Å². The number of nitrogens with zero attached hydrogens (tertiary/aromatic N) is 2. The van der Waals surface area contributed by atoms with Crippen LogP contribution in [-0.4, -0.2) is 66.0 Å². The first-order chi connectivity index (χ1) is 14.6. The fourth-order valence-corrected chi connectivity index (χ4v) is 3.96. The first-order valence-electron chi connectivity index (χ1n) is 9.95. The van der Waals surface area contributed by atoms with Gasteiger partial charge in [-0.1, -0.05) is 42.5 Å². The summed E-state index contributed by atoms with van der Waals surface area (Å²) in [5.74, 6) is -2.16. The van der Waals surface area contributed by atoms with Gasteiger partial charge in [0.2, 0.25) is 0 Å². The Kier molecular flexibility index (Phi) is 5.92. The van der Waals surface area contributed by atoms with Crippen LogP contribution in [0.2, 0.25) is 0 Å². The van der Waals surface area contributed by atoms with Crippen LogP contribution in [0.5, 0.6) is 0 Å². The summed E-state index contributed by atoms with van der Waals surface area (Å²) in [6.07, 6.45) is 0. The standard InChI is InChI=1S/C23H23FN2O4/c24-18-8-4-7-17(15-18)20-19(21(27)16-5-2-1-3-6-16)22(28)23(29)26(20)10-9-25-11-13-30-14-12-25/h1-8,15,20,27H,9-14H2/t20-/m0/s1. The van der Waals surface area contributed by atoms with Gasteiger partial charge >= 0.3 is 0 Å². The van der Waals surface area contributed by atoms with E-state index < -0.39 is 23.5 Å². The number of carbonyl (C=O) groups is 2. The molecule has 2 aromatic carbocycles. The van der Waals surface area contributed by atoms with E-state index in [1.165, 1.54) is 23.1 Å². The van der Waals surface area contributed by atoms with E-state index in [4.69, 9.17) is 4.74 Å². The zero-order chi connectivity index (χ0) is 21.1. The van der Waals surface area contributed by atoms with Gasteiger partial charge in [0.05, 0.1) is 24.8 Å². The number of rotatable bonds is 5. The van der Waals surface area contributed by atoms with Gasteiger partial charge in [0.15, 0.2) is 0 Å². The Balaban J connectivity index is 1.73. The van der Waals surface area contributed by atoms with Crippen molar-refractivity contribution in [3.05, 3.63) is 77.1 Å². The topological polar surface area (TPSA) is 70.1 Å². The Hall–Kier alpha value is -3.03. The first kappa shape index (κ1) is 20.3. The molecule has 0 bridgehead atoms. The maximum atomic E-state index is 14.0. The zero-order valence-corrected chi connectivity index (χ0v) is 16.5. The molecular formula is C23H23FN2O4. The van der Waals surface area contributed by atoms with Crippen molar-refractivity contribution in [3.8, 4) is 0 Å². The number of amides is 1. The third kappa shape index (κ3) is 3.99. The molecule has 0 radical (unpaired) electrons. The predicted molar refractivity (Wildman–Crippen MR) is 109 cm³/mol. The van der Waals surface area contributed by atoms with E-state index in [9.17, 15) is 19.1 Å². The molecule has 2 fully saturated rings. The highest BCUT2D eigenvalue weighted by molar-refractivity contribution is 6.46. The molecule has 2 aliphatic heterocycles. The van der Waals surface area contributed by atoms with E-state index in [2.05, 4.69) is 4.90 Å². The van der Waals surface area contributed by atoms with Gasteiger partial charge in [-0.2, -0.15) is 0 Å². The van der Waals surface area contributed by atoms with Crippen LogP contribution in [0.3, 0.4) is 0 Å². The Bertz CT molecular complexity index is 970. The monoisotopic (exact) mass is 410 g/mol. The second-order valence-electron chi connectivity index (χ2n) is 7.37. The number of ether oxygens (including phenoxy) is 1. The number of hydrogen-bond donors (Lipinski definition) is 1. The summed E-state index contributed by atoms with van der Waals surface area (Å²) in [7, 11) is 0. The molecule has 2 aliphatic rings. The minimum absolute atomic E-state index is 0.0150. The molecule has 0 unspecified atom stereocenters. The molecule has 2 heterocycles. The van der Waals surface area contributed by atoms with Crippen molar-refractivity contribution in [1.29, 1.82) is 0 Å². The predicted octanol–water partition coefficient (Wildman–Crippen LogP) is 2.58. The van der Waals surface area contributed by atoms with Crippen LogP contribution in [-0.2, 0) is 14.3 Å². The number of aliphatic hydroxyl groups excluding tert-OH is 1. The number of Topliss-reactive ketones (excluding diaryl/α,β-unsaturated/α-hetero) is 1. The number of carbonyl (C=O) groups excluding carboxylic acids is 2. The molecule has 0 spiro atoms. The number of aliphatic hydroxyl groups is 1. The second-order valence-corrected chi connectivity index (χ2v) is 7.37. The van der Waals surface area contributed by atoms with Gasteiger partial charge in [-0.25, -0.2) is 4.39 Å². The summed E-state index contributed by atoms with van der Waals surface area (Å²) in [4.78, 5) is 29.4. The quantitative estimate of drug-likeness (QED) is 0.466. The molecular weight excluding hydrogens is 387 g/mol. The average molecular weight is 410 g/mol.